The molecule has 2 heteroatoms. The molecule has 3 N–H and O–H groups in total. The summed E-state index contributed by atoms with van der Waals surface area (Å²) >= 11 is 0. The molecule has 2 aromatic carbocycles. The summed E-state index contributed by atoms with van der Waals surface area (Å²) in [5, 5.41) is 1.27. The van der Waals surface area contributed by atoms with E-state index >= 15 is 0 Å². The molecule has 0 saturated heterocycles. The van der Waals surface area contributed by atoms with Crippen molar-refractivity contribution in [1.29, 1.82) is 0 Å². The number of H-pyrrole nitrogens is 1. The van der Waals surface area contributed by atoms with Crippen LogP contribution in [0.3, 0.4) is 0 Å². The van der Waals surface area contributed by atoms with Crippen LogP contribution >= 0.6 is 0 Å². The van der Waals surface area contributed by atoms with Gasteiger partial charge in [0, 0.05) is 23.1 Å². The van der Waals surface area contributed by atoms with Gasteiger partial charge in [0.15, 0.2) is 0 Å². The van der Waals surface area contributed by atoms with E-state index in [9.17, 15) is 0 Å². The number of nitrogens with two attached hydrogens (primary N) is 1. The van der Waals surface area contributed by atoms with E-state index < -0.39 is 0 Å². The van der Waals surface area contributed by atoms with Crippen molar-refractivity contribution in [3.8, 4) is 0 Å². The van der Waals surface area contributed by atoms with Gasteiger partial charge in [-0.3, -0.25) is 0 Å². The van der Waals surface area contributed by atoms with Gasteiger partial charge in [0.05, 0.1) is 0 Å². The smallest absolute Gasteiger partial charge is 0.0456 e. The minimum absolute atomic E-state index is 0.0467. The van der Waals surface area contributed by atoms with Crippen molar-refractivity contribution in [2.75, 3.05) is 0 Å². The van der Waals surface area contributed by atoms with E-state index in [0.717, 1.165) is 6.42 Å². The average Bonchev–Trinajstić information content (AvgIpc) is 2.83. The van der Waals surface area contributed by atoms with Crippen LogP contribution in [0.1, 0.15) is 17.2 Å². The van der Waals surface area contributed by atoms with E-state index in [4.69, 9.17) is 5.73 Å². The molecule has 90 valence electrons. The maximum Gasteiger partial charge on any atom is 0.0456 e. The minimum Gasteiger partial charge on any atom is -0.361 e. The first-order valence-electron chi connectivity index (χ1n) is 6.20. The Morgan fingerprint density at radius 1 is 0.944 bits per heavy atom. The maximum atomic E-state index is 6.26. The van der Waals surface area contributed by atoms with Crippen LogP contribution in [0.5, 0.6) is 0 Å². The second-order valence-corrected chi connectivity index (χ2v) is 4.58. The van der Waals surface area contributed by atoms with Gasteiger partial charge in [-0.05, 0) is 23.6 Å². The number of fused-ring (bicyclic) bond motifs is 1. The van der Waals surface area contributed by atoms with Crippen LogP contribution in [0.4, 0.5) is 0 Å². The molecule has 1 heterocycles. The number of para-hydroxylation sites is 1. The molecule has 2 nitrogen and oxygen atoms in total. The number of benzene rings is 2. The molecule has 0 aliphatic rings. The van der Waals surface area contributed by atoms with Crippen molar-refractivity contribution in [3.05, 3.63) is 71.9 Å². The molecule has 0 bridgehead atoms. The summed E-state index contributed by atoms with van der Waals surface area (Å²) in [5.41, 5.74) is 9.90. The second-order valence-electron chi connectivity index (χ2n) is 4.58. The van der Waals surface area contributed by atoms with Crippen LogP contribution in [0.2, 0.25) is 0 Å². The maximum absolute atomic E-state index is 6.26. The van der Waals surface area contributed by atoms with Crippen LogP contribution in [0.25, 0.3) is 10.9 Å². The summed E-state index contributed by atoms with van der Waals surface area (Å²) in [4.78, 5) is 3.29. The highest BCUT2D eigenvalue weighted by Gasteiger charge is 2.09. The molecular weight excluding hydrogens is 220 g/mol. The Balaban J connectivity index is 1.89. The van der Waals surface area contributed by atoms with E-state index in [1.807, 2.05) is 24.3 Å². The molecule has 0 aliphatic carbocycles. The van der Waals surface area contributed by atoms with E-state index in [-0.39, 0.29) is 6.04 Å². The summed E-state index contributed by atoms with van der Waals surface area (Å²) < 4.78 is 0. The van der Waals surface area contributed by atoms with E-state index in [2.05, 4.69) is 41.5 Å². The zero-order chi connectivity index (χ0) is 12.4. The average molecular weight is 236 g/mol. The molecule has 3 rings (SSSR count). The van der Waals surface area contributed by atoms with Crippen LogP contribution in [-0.4, -0.2) is 4.98 Å². The first-order chi connectivity index (χ1) is 8.84. The van der Waals surface area contributed by atoms with Gasteiger partial charge in [0.2, 0.25) is 0 Å². The van der Waals surface area contributed by atoms with Gasteiger partial charge in [0.25, 0.3) is 0 Å². The zero-order valence-electron chi connectivity index (χ0n) is 10.1. The summed E-state index contributed by atoms with van der Waals surface area (Å²) in [5.74, 6) is 0. The third kappa shape index (κ3) is 2.03. The molecule has 0 aliphatic heterocycles. The predicted molar refractivity (Wildman–Crippen MR) is 75.4 cm³/mol. The van der Waals surface area contributed by atoms with Crippen LogP contribution in [0.15, 0.2) is 60.8 Å². The lowest BCUT2D eigenvalue weighted by Gasteiger charge is -2.11. The van der Waals surface area contributed by atoms with Crippen molar-refractivity contribution in [2.45, 2.75) is 12.5 Å². The molecule has 0 amide bonds. The Kier molecular flexibility index (Phi) is 2.87. The van der Waals surface area contributed by atoms with Gasteiger partial charge in [-0.2, -0.15) is 0 Å². The highest BCUT2D eigenvalue weighted by molar-refractivity contribution is 5.83. The molecule has 0 saturated carbocycles. The Hall–Kier alpha value is -2.06. The minimum atomic E-state index is 0.0467. The fourth-order valence-electron chi connectivity index (χ4n) is 2.36. The van der Waals surface area contributed by atoms with Crippen molar-refractivity contribution >= 4 is 10.9 Å². The Morgan fingerprint density at radius 2 is 1.67 bits per heavy atom. The number of aromatic nitrogens is 1. The molecule has 18 heavy (non-hydrogen) atoms. The fourth-order valence-corrected chi connectivity index (χ4v) is 2.36. The second kappa shape index (κ2) is 4.67. The summed E-state index contributed by atoms with van der Waals surface area (Å²) in [6, 6.07) is 18.6. The lowest BCUT2D eigenvalue weighted by Crippen LogP contribution is -2.12. The fraction of sp³-hybridized carbons (Fsp3) is 0.125. The van der Waals surface area contributed by atoms with Gasteiger partial charge in [-0.15, -0.1) is 0 Å². The van der Waals surface area contributed by atoms with Crippen molar-refractivity contribution in [1.82, 2.24) is 4.98 Å². The molecular formula is C16H16N2. The van der Waals surface area contributed by atoms with Crippen molar-refractivity contribution in [3.63, 3.8) is 0 Å². The van der Waals surface area contributed by atoms with Gasteiger partial charge >= 0.3 is 0 Å². The summed E-state index contributed by atoms with van der Waals surface area (Å²) in [6.07, 6.45) is 2.92. The molecule has 0 fully saturated rings. The topological polar surface area (TPSA) is 41.8 Å². The van der Waals surface area contributed by atoms with Crippen LogP contribution in [0, 0.1) is 0 Å². The number of nitrogens with one attached hydrogen (secondary N) is 1. The lowest BCUT2D eigenvalue weighted by molar-refractivity contribution is 0.725. The first-order valence-corrected chi connectivity index (χ1v) is 6.20. The van der Waals surface area contributed by atoms with Gasteiger partial charge in [-0.25, -0.2) is 0 Å². The normalized spacial score (nSPS) is 12.7. The number of rotatable bonds is 3. The van der Waals surface area contributed by atoms with Gasteiger partial charge in [-0.1, -0.05) is 48.5 Å². The Bertz CT molecular complexity index is 640. The van der Waals surface area contributed by atoms with E-state index in [1.165, 1.54) is 22.0 Å². The Labute approximate surface area is 106 Å². The monoisotopic (exact) mass is 236 g/mol. The largest absolute Gasteiger partial charge is 0.361 e. The summed E-state index contributed by atoms with van der Waals surface area (Å²) in [6.45, 7) is 0. The first kappa shape index (κ1) is 11.1. The third-order valence-electron chi connectivity index (χ3n) is 3.34. The molecule has 0 radical (unpaired) electrons. The van der Waals surface area contributed by atoms with E-state index in [1.54, 1.807) is 0 Å². The van der Waals surface area contributed by atoms with Gasteiger partial charge < -0.3 is 10.7 Å². The molecule has 0 spiro atoms. The van der Waals surface area contributed by atoms with E-state index in [0.29, 0.717) is 0 Å². The standard InChI is InChI=1S/C16H16N2/c17-15(12-6-2-1-3-7-12)10-13-11-18-16-9-5-4-8-14(13)16/h1-9,11,15,18H,10,17H2/t15-/m1/s1. The third-order valence-corrected chi connectivity index (χ3v) is 3.34. The zero-order valence-corrected chi connectivity index (χ0v) is 10.1. The van der Waals surface area contributed by atoms with Gasteiger partial charge in [0.1, 0.15) is 0 Å². The highest BCUT2D eigenvalue weighted by Crippen LogP contribution is 2.22. The SMILES string of the molecule is N[C@H](Cc1c[nH]c2ccccc12)c1ccccc1. The number of hydrogen-bond acceptors (Lipinski definition) is 1. The lowest BCUT2D eigenvalue weighted by atomic mass is 9.99. The predicted octanol–water partition coefficient (Wildman–Crippen LogP) is 3.41. The molecule has 0 unspecified atom stereocenters. The molecule has 3 aromatic rings. The quantitative estimate of drug-likeness (QED) is 0.719. The summed E-state index contributed by atoms with van der Waals surface area (Å²) in [7, 11) is 0. The Morgan fingerprint density at radius 3 is 2.50 bits per heavy atom. The number of aromatic amines is 1. The number of hydrogen-bond donors (Lipinski definition) is 2. The van der Waals surface area contributed by atoms with Crippen molar-refractivity contribution < 1.29 is 0 Å². The van der Waals surface area contributed by atoms with Crippen molar-refractivity contribution in [2.24, 2.45) is 5.73 Å². The van der Waals surface area contributed by atoms with Crippen LogP contribution in [-0.2, 0) is 6.42 Å². The molecule has 1 aromatic heterocycles. The highest BCUT2D eigenvalue weighted by atomic mass is 14.7. The van der Waals surface area contributed by atoms with Crippen LogP contribution < -0.4 is 5.73 Å². The molecule has 1 atom stereocenters.